The van der Waals surface area contributed by atoms with Crippen LogP contribution in [0.25, 0.3) is 10.9 Å². The standard InChI is InChI=1S/C17H23N3O/c1-3-17(4-2,11-18)12-20-16(21)14-9-5-7-13-8-6-10-19-15(13)14/h5-10H,3-4,11-12,18H2,1-2H3,(H,20,21). The molecule has 1 aromatic carbocycles. The van der Waals surface area contributed by atoms with Crippen molar-refractivity contribution in [1.29, 1.82) is 0 Å². The average Bonchev–Trinajstić information content (AvgIpc) is 2.56. The van der Waals surface area contributed by atoms with Crippen LogP contribution >= 0.6 is 0 Å². The van der Waals surface area contributed by atoms with Crippen LogP contribution in [0.3, 0.4) is 0 Å². The molecule has 4 nitrogen and oxygen atoms in total. The Labute approximate surface area is 125 Å². The average molecular weight is 285 g/mol. The lowest BCUT2D eigenvalue weighted by atomic mass is 9.82. The van der Waals surface area contributed by atoms with Gasteiger partial charge in [0.1, 0.15) is 0 Å². The monoisotopic (exact) mass is 285 g/mol. The predicted octanol–water partition coefficient (Wildman–Crippen LogP) is 2.73. The molecule has 0 atom stereocenters. The van der Waals surface area contributed by atoms with Crippen LogP contribution in [0.5, 0.6) is 0 Å². The van der Waals surface area contributed by atoms with E-state index in [2.05, 4.69) is 24.1 Å². The van der Waals surface area contributed by atoms with Crippen molar-refractivity contribution >= 4 is 16.8 Å². The summed E-state index contributed by atoms with van der Waals surface area (Å²) in [7, 11) is 0. The van der Waals surface area contributed by atoms with Crippen molar-refractivity contribution in [2.24, 2.45) is 11.1 Å². The number of para-hydroxylation sites is 1. The second-order valence-electron chi connectivity index (χ2n) is 5.47. The Morgan fingerprint density at radius 3 is 2.62 bits per heavy atom. The molecule has 112 valence electrons. The van der Waals surface area contributed by atoms with E-state index in [1.165, 1.54) is 0 Å². The number of hydrogen-bond acceptors (Lipinski definition) is 3. The fourth-order valence-electron chi connectivity index (χ4n) is 2.51. The Morgan fingerprint density at radius 2 is 1.95 bits per heavy atom. The van der Waals surface area contributed by atoms with E-state index in [-0.39, 0.29) is 11.3 Å². The normalized spacial score (nSPS) is 11.6. The van der Waals surface area contributed by atoms with E-state index >= 15 is 0 Å². The third-order valence-electron chi connectivity index (χ3n) is 4.43. The SMILES string of the molecule is CCC(CC)(CN)CNC(=O)c1cccc2cccnc12. The van der Waals surface area contributed by atoms with Crippen LogP contribution in [0.4, 0.5) is 0 Å². The van der Waals surface area contributed by atoms with Gasteiger partial charge < -0.3 is 11.1 Å². The van der Waals surface area contributed by atoms with Gasteiger partial charge in [-0.25, -0.2) is 0 Å². The molecule has 0 aliphatic heterocycles. The highest BCUT2D eigenvalue weighted by Crippen LogP contribution is 2.24. The second kappa shape index (κ2) is 6.68. The molecule has 0 aliphatic carbocycles. The molecule has 1 heterocycles. The van der Waals surface area contributed by atoms with Crippen LogP contribution in [-0.2, 0) is 0 Å². The first-order chi connectivity index (χ1) is 10.2. The van der Waals surface area contributed by atoms with Gasteiger partial charge in [0.15, 0.2) is 0 Å². The van der Waals surface area contributed by atoms with Gasteiger partial charge in [-0.05, 0) is 36.9 Å². The number of amides is 1. The number of carbonyl (C=O) groups is 1. The van der Waals surface area contributed by atoms with Crippen LogP contribution < -0.4 is 11.1 Å². The first-order valence-corrected chi connectivity index (χ1v) is 7.48. The lowest BCUT2D eigenvalue weighted by Crippen LogP contribution is -2.41. The van der Waals surface area contributed by atoms with Crippen molar-refractivity contribution in [3.8, 4) is 0 Å². The number of nitrogens with zero attached hydrogens (tertiary/aromatic N) is 1. The fourth-order valence-corrected chi connectivity index (χ4v) is 2.51. The maximum absolute atomic E-state index is 12.5. The highest BCUT2D eigenvalue weighted by Gasteiger charge is 2.25. The number of nitrogens with two attached hydrogens (primary N) is 1. The Hall–Kier alpha value is -1.94. The van der Waals surface area contributed by atoms with Crippen LogP contribution in [0.15, 0.2) is 36.5 Å². The van der Waals surface area contributed by atoms with Crippen molar-refractivity contribution in [3.05, 3.63) is 42.1 Å². The van der Waals surface area contributed by atoms with Gasteiger partial charge >= 0.3 is 0 Å². The summed E-state index contributed by atoms with van der Waals surface area (Å²) >= 11 is 0. The van der Waals surface area contributed by atoms with Crippen LogP contribution in [-0.4, -0.2) is 24.0 Å². The van der Waals surface area contributed by atoms with E-state index in [0.29, 0.717) is 18.7 Å². The molecule has 1 aromatic heterocycles. The Bertz CT molecular complexity index is 607. The number of carbonyl (C=O) groups excluding carboxylic acids is 1. The highest BCUT2D eigenvalue weighted by atomic mass is 16.1. The quantitative estimate of drug-likeness (QED) is 0.857. The zero-order valence-electron chi connectivity index (χ0n) is 12.7. The highest BCUT2D eigenvalue weighted by molar-refractivity contribution is 6.05. The van der Waals surface area contributed by atoms with Gasteiger partial charge in [-0.3, -0.25) is 9.78 Å². The molecular formula is C17H23N3O. The zero-order valence-corrected chi connectivity index (χ0v) is 12.7. The van der Waals surface area contributed by atoms with E-state index in [1.807, 2.05) is 30.3 Å². The minimum atomic E-state index is -0.0842. The van der Waals surface area contributed by atoms with Gasteiger partial charge in [0.25, 0.3) is 5.91 Å². The van der Waals surface area contributed by atoms with Crippen molar-refractivity contribution < 1.29 is 4.79 Å². The van der Waals surface area contributed by atoms with Crippen LogP contribution in [0, 0.1) is 5.41 Å². The summed E-state index contributed by atoms with van der Waals surface area (Å²) in [5.41, 5.74) is 7.22. The minimum absolute atomic E-state index is 0.0202. The largest absolute Gasteiger partial charge is 0.351 e. The first-order valence-electron chi connectivity index (χ1n) is 7.48. The van der Waals surface area contributed by atoms with Gasteiger partial charge in [-0.15, -0.1) is 0 Å². The molecule has 0 unspecified atom stereocenters. The summed E-state index contributed by atoms with van der Waals surface area (Å²) in [5.74, 6) is -0.0842. The Kier molecular flexibility index (Phi) is 4.91. The first kappa shape index (κ1) is 15.4. The molecule has 1 amide bonds. The number of hydrogen-bond donors (Lipinski definition) is 2. The molecule has 2 aromatic rings. The number of nitrogens with one attached hydrogen (secondary N) is 1. The number of benzene rings is 1. The number of aromatic nitrogens is 1. The molecule has 0 radical (unpaired) electrons. The number of pyridine rings is 1. The summed E-state index contributed by atoms with van der Waals surface area (Å²) < 4.78 is 0. The molecular weight excluding hydrogens is 262 g/mol. The molecule has 0 aliphatic rings. The number of rotatable bonds is 6. The summed E-state index contributed by atoms with van der Waals surface area (Å²) in [4.78, 5) is 16.8. The number of fused-ring (bicyclic) bond motifs is 1. The molecule has 3 N–H and O–H groups in total. The Morgan fingerprint density at radius 1 is 1.24 bits per heavy atom. The Balaban J connectivity index is 2.20. The molecule has 0 bridgehead atoms. The van der Waals surface area contributed by atoms with E-state index in [0.717, 1.165) is 23.7 Å². The van der Waals surface area contributed by atoms with Crippen molar-refractivity contribution in [2.45, 2.75) is 26.7 Å². The molecule has 0 saturated heterocycles. The molecule has 2 rings (SSSR count). The van der Waals surface area contributed by atoms with Crippen molar-refractivity contribution in [2.75, 3.05) is 13.1 Å². The van der Waals surface area contributed by atoms with E-state index in [9.17, 15) is 4.79 Å². The third kappa shape index (κ3) is 3.22. The van der Waals surface area contributed by atoms with Crippen molar-refractivity contribution in [3.63, 3.8) is 0 Å². The van der Waals surface area contributed by atoms with Gasteiger partial charge in [0.2, 0.25) is 0 Å². The summed E-state index contributed by atoms with van der Waals surface area (Å²) in [5, 5.41) is 4.00. The van der Waals surface area contributed by atoms with Gasteiger partial charge in [-0.1, -0.05) is 32.0 Å². The van der Waals surface area contributed by atoms with Crippen LogP contribution in [0.2, 0.25) is 0 Å². The molecule has 0 spiro atoms. The smallest absolute Gasteiger partial charge is 0.253 e. The van der Waals surface area contributed by atoms with Crippen molar-refractivity contribution in [1.82, 2.24) is 10.3 Å². The van der Waals surface area contributed by atoms with Gasteiger partial charge in [-0.2, -0.15) is 0 Å². The van der Waals surface area contributed by atoms with Gasteiger partial charge in [0.05, 0.1) is 11.1 Å². The second-order valence-corrected chi connectivity index (χ2v) is 5.47. The molecule has 0 fully saturated rings. The molecule has 4 heteroatoms. The lowest BCUT2D eigenvalue weighted by Gasteiger charge is -2.30. The maximum atomic E-state index is 12.5. The van der Waals surface area contributed by atoms with Gasteiger partial charge in [0, 0.05) is 18.1 Å². The summed E-state index contributed by atoms with van der Waals surface area (Å²) in [6.07, 6.45) is 3.61. The molecule has 21 heavy (non-hydrogen) atoms. The third-order valence-corrected chi connectivity index (χ3v) is 4.43. The molecule has 0 saturated carbocycles. The predicted molar refractivity (Wildman–Crippen MR) is 86.1 cm³/mol. The van der Waals surface area contributed by atoms with Crippen LogP contribution in [0.1, 0.15) is 37.0 Å². The topological polar surface area (TPSA) is 68.0 Å². The summed E-state index contributed by atoms with van der Waals surface area (Å²) in [6.45, 7) is 5.40. The summed E-state index contributed by atoms with van der Waals surface area (Å²) in [6, 6.07) is 9.49. The minimum Gasteiger partial charge on any atom is -0.351 e. The van der Waals surface area contributed by atoms with E-state index in [4.69, 9.17) is 5.73 Å². The lowest BCUT2D eigenvalue weighted by molar-refractivity contribution is 0.0929. The van der Waals surface area contributed by atoms with E-state index < -0.39 is 0 Å². The van der Waals surface area contributed by atoms with E-state index in [1.54, 1.807) is 6.20 Å². The zero-order chi connectivity index (χ0) is 15.3. The fraction of sp³-hybridized carbons (Fsp3) is 0.412. The maximum Gasteiger partial charge on any atom is 0.253 e.